The number of rotatable bonds is 5. The third-order valence-corrected chi connectivity index (χ3v) is 8.62. The van der Waals surface area contributed by atoms with Gasteiger partial charge in [0.1, 0.15) is 5.75 Å². The van der Waals surface area contributed by atoms with Crippen molar-refractivity contribution in [2.45, 2.75) is 56.4 Å². The number of hydrogen-bond donors (Lipinski definition) is 1. The summed E-state index contributed by atoms with van der Waals surface area (Å²) in [5, 5.41) is 3.48. The minimum atomic E-state index is -0.280. The van der Waals surface area contributed by atoms with Crippen molar-refractivity contribution in [3.05, 3.63) is 34.7 Å². The van der Waals surface area contributed by atoms with Gasteiger partial charge in [0.15, 0.2) is 0 Å². The second kappa shape index (κ2) is 11.4. The fourth-order valence-corrected chi connectivity index (χ4v) is 6.67. The molecule has 2 saturated heterocycles. The lowest BCUT2D eigenvalue weighted by atomic mass is 9.83. The van der Waals surface area contributed by atoms with Crippen molar-refractivity contribution in [1.82, 2.24) is 15.1 Å². The van der Waals surface area contributed by atoms with E-state index in [9.17, 15) is 14.4 Å². The zero-order valence-electron chi connectivity index (χ0n) is 20.7. The maximum atomic E-state index is 13.2. The standard InChI is InChI=1S/C26H35N3O5S/c1-4-34-26(32)29-13-11-19(12-14-29)27-24(30)18-9-10-22-20(15-18)28(2)25(31)23(35-22)16-17-7-5-6-8-21(17)33-3/h5-8,16,18-20,22H,4,9-15H2,1-3H3,(H,27,30)/b23-16+. The molecule has 1 aromatic rings. The molecule has 2 heterocycles. The van der Waals surface area contributed by atoms with E-state index in [-0.39, 0.29) is 41.2 Å². The molecule has 3 amide bonds. The predicted molar refractivity (Wildman–Crippen MR) is 136 cm³/mol. The molecule has 3 fully saturated rings. The lowest BCUT2D eigenvalue weighted by Gasteiger charge is -2.44. The van der Waals surface area contributed by atoms with Gasteiger partial charge in [0.2, 0.25) is 5.91 Å². The molecular weight excluding hydrogens is 466 g/mol. The molecule has 3 unspecified atom stereocenters. The summed E-state index contributed by atoms with van der Waals surface area (Å²) in [6.45, 7) is 3.35. The molecular formula is C26H35N3O5S. The van der Waals surface area contributed by atoms with Crippen LogP contribution in [0.3, 0.4) is 0 Å². The Labute approximate surface area is 211 Å². The third kappa shape index (κ3) is 5.77. The van der Waals surface area contributed by atoms with Gasteiger partial charge in [-0.05, 0) is 51.2 Å². The smallest absolute Gasteiger partial charge is 0.409 e. The second-order valence-corrected chi connectivity index (χ2v) is 10.7. The van der Waals surface area contributed by atoms with E-state index >= 15 is 0 Å². The van der Waals surface area contributed by atoms with E-state index in [1.807, 2.05) is 42.3 Å². The summed E-state index contributed by atoms with van der Waals surface area (Å²) in [6, 6.07) is 7.79. The summed E-state index contributed by atoms with van der Waals surface area (Å²) < 4.78 is 10.5. The van der Waals surface area contributed by atoms with Gasteiger partial charge in [0, 0.05) is 49.0 Å². The van der Waals surface area contributed by atoms with Gasteiger partial charge in [-0.2, -0.15) is 0 Å². The SMILES string of the molecule is CCOC(=O)N1CCC(NC(=O)C2CCC3S/C(=C/c4ccccc4OC)C(=O)N(C)C3C2)CC1. The Morgan fingerprint density at radius 2 is 1.91 bits per heavy atom. The van der Waals surface area contributed by atoms with Crippen LogP contribution in [0.1, 0.15) is 44.6 Å². The normalized spacial score (nSPS) is 26.3. The number of benzene rings is 1. The molecule has 0 spiro atoms. The van der Waals surface area contributed by atoms with Crippen LogP contribution in [0.25, 0.3) is 6.08 Å². The molecule has 9 heteroatoms. The summed E-state index contributed by atoms with van der Waals surface area (Å²) in [5.41, 5.74) is 0.889. The van der Waals surface area contributed by atoms with Gasteiger partial charge in [0.25, 0.3) is 5.91 Å². The van der Waals surface area contributed by atoms with E-state index in [1.54, 1.807) is 30.7 Å². The largest absolute Gasteiger partial charge is 0.496 e. The van der Waals surface area contributed by atoms with Crippen molar-refractivity contribution in [3.63, 3.8) is 0 Å². The maximum Gasteiger partial charge on any atom is 0.409 e. The van der Waals surface area contributed by atoms with Crippen LogP contribution in [0.4, 0.5) is 4.79 Å². The maximum absolute atomic E-state index is 13.2. The van der Waals surface area contributed by atoms with E-state index in [1.165, 1.54) is 0 Å². The van der Waals surface area contributed by atoms with Crippen LogP contribution in [-0.2, 0) is 14.3 Å². The van der Waals surface area contributed by atoms with Gasteiger partial charge in [-0.15, -0.1) is 11.8 Å². The summed E-state index contributed by atoms with van der Waals surface area (Å²) in [5.74, 6) is 0.704. The number of nitrogens with zero attached hydrogens (tertiary/aromatic N) is 2. The van der Waals surface area contributed by atoms with Gasteiger partial charge in [-0.1, -0.05) is 18.2 Å². The number of likely N-dealkylation sites (N-methyl/N-ethyl adjacent to an activating group) is 1. The molecule has 2 aliphatic heterocycles. The number of likely N-dealkylation sites (tertiary alicyclic amines) is 1. The Balaban J connectivity index is 1.33. The number of para-hydroxylation sites is 1. The lowest BCUT2D eigenvalue weighted by Crippen LogP contribution is -2.53. The van der Waals surface area contributed by atoms with Crippen molar-refractivity contribution in [2.24, 2.45) is 5.92 Å². The monoisotopic (exact) mass is 501 g/mol. The van der Waals surface area contributed by atoms with E-state index in [0.29, 0.717) is 26.1 Å². The molecule has 1 N–H and O–H groups in total. The van der Waals surface area contributed by atoms with E-state index < -0.39 is 0 Å². The number of carbonyl (C=O) groups excluding carboxylic acids is 3. The molecule has 190 valence electrons. The number of hydrogen-bond acceptors (Lipinski definition) is 6. The Morgan fingerprint density at radius 1 is 1.17 bits per heavy atom. The van der Waals surface area contributed by atoms with Crippen molar-refractivity contribution in [1.29, 1.82) is 0 Å². The van der Waals surface area contributed by atoms with Crippen LogP contribution in [0.15, 0.2) is 29.2 Å². The summed E-state index contributed by atoms with van der Waals surface area (Å²) in [6.07, 6.45) is 5.47. The molecule has 0 bridgehead atoms. The Bertz CT molecular complexity index is 975. The first-order valence-electron chi connectivity index (χ1n) is 12.4. The highest BCUT2D eigenvalue weighted by atomic mass is 32.2. The molecule has 8 nitrogen and oxygen atoms in total. The van der Waals surface area contributed by atoms with E-state index in [4.69, 9.17) is 9.47 Å². The van der Waals surface area contributed by atoms with E-state index in [2.05, 4.69) is 5.32 Å². The molecule has 3 atom stereocenters. The van der Waals surface area contributed by atoms with Crippen molar-refractivity contribution in [2.75, 3.05) is 33.9 Å². The lowest BCUT2D eigenvalue weighted by molar-refractivity contribution is -0.132. The van der Waals surface area contributed by atoms with Gasteiger partial charge in [0.05, 0.1) is 18.6 Å². The number of piperidine rings is 1. The fourth-order valence-electron chi connectivity index (χ4n) is 5.20. The molecule has 0 radical (unpaired) electrons. The Hall–Kier alpha value is -2.68. The van der Waals surface area contributed by atoms with Gasteiger partial charge in [-0.25, -0.2) is 4.79 Å². The number of methoxy groups -OCH3 is 1. The summed E-state index contributed by atoms with van der Waals surface area (Å²) in [4.78, 5) is 42.4. The minimum Gasteiger partial charge on any atom is -0.496 e. The third-order valence-electron chi connectivity index (χ3n) is 7.23. The number of carbonyl (C=O) groups is 3. The Morgan fingerprint density at radius 3 is 2.63 bits per heavy atom. The minimum absolute atomic E-state index is 0.00504. The molecule has 0 aromatic heterocycles. The van der Waals surface area contributed by atoms with Gasteiger partial charge in [-0.3, -0.25) is 9.59 Å². The average Bonchev–Trinajstić information content (AvgIpc) is 2.87. The van der Waals surface area contributed by atoms with Crippen LogP contribution >= 0.6 is 11.8 Å². The average molecular weight is 502 g/mol. The molecule has 3 aliphatic rings. The highest BCUT2D eigenvalue weighted by Crippen LogP contribution is 2.43. The van der Waals surface area contributed by atoms with Crippen LogP contribution in [0, 0.1) is 5.92 Å². The molecule has 1 aliphatic carbocycles. The Kier molecular flexibility index (Phi) is 8.26. The first-order chi connectivity index (χ1) is 16.9. The molecule has 1 saturated carbocycles. The zero-order valence-corrected chi connectivity index (χ0v) is 21.5. The topological polar surface area (TPSA) is 88.2 Å². The number of amides is 3. The highest BCUT2D eigenvalue weighted by molar-refractivity contribution is 8.04. The van der Waals surface area contributed by atoms with Crippen molar-refractivity contribution >= 4 is 35.7 Å². The predicted octanol–water partition coefficient (Wildman–Crippen LogP) is 3.52. The van der Waals surface area contributed by atoms with E-state index in [0.717, 1.165) is 41.9 Å². The van der Waals surface area contributed by atoms with Crippen molar-refractivity contribution in [3.8, 4) is 5.75 Å². The summed E-state index contributed by atoms with van der Waals surface area (Å²) in [7, 11) is 3.48. The van der Waals surface area contributed by atoms with Crippen LogP contribution < -0.4 is 10.1 Å². The first-order valence-corrected chi connectivity index (χ1v) is 13.3. The number of fused-ring (bicyclic) bond motifs is 1. The highest BCUT2D eigenvalue weighted by Gasteiger charge is 2.43. The molecule has 4 rings (SSSR count). The molecule has 35 heavy (non-hydrogen) atoms. The number of nitrogens with one attached hydrogen (secondary N) is 1. The van der Waals surface area contributed by atoms with Crippen LogP contribution in [-0.4, -0.2) is 78.9 Å². The van der Waals surface area contributed by atoms with Gasteiger partial charge >= 0.3 is 6.09 Å². The van der Waals surface area contributed by atoms with Crippen LogP contribution in [0.5, 0.6) is 5.75 Å². The molecule has 1 aromatic carbocycles. The van der Waals surface area contributed by atoms with Crippen molar-refractivity contribution < 1.29 is 23.9 Å². The van der Waals surface area contributed by atoms with Gasteiger partial charge < -0.3 is 24.6 Å². The first kappa shape index (κ1) is 25.4. The fraction of sp³-hybridized carbons (Fsp3) is 0.577. The second-order valence-electron chi connectivity index (χ2n) is 9.37. The van der Waals surface area contributed by atoms with Crippen LogP contribution in [0.2, 0.25) is 0 Å². The summed E-state index contributed by atoms with van der Waals surface area (Å²) >= 11 is 1.63. The number of thioether (sulfide) groups is 1. The number of ether oxygens (including phenoxy) is 2. The zero-order chi connectivity index (χ0) is 24.9. The quantitative estimate of drug-likeness (QED) is 0.622.